The highest BCUT2D eigenvalue weighted by Crippen LogP contribution is 2.30. The molecule has 0 spiro atoms. The van der Waals surface area contributed by atoms with Gasteiger partial charge in [-0.15, -0.1) is 0 Å². The molecule has 2 nitrogen and oxygen atoms in total. The Labute approximate surface area is 122 Å². The predicted molar refractivity (Wildman–Crippen MR) is 85.0 cm³/mol. The van der Waals surface area contributed by atoms with E-state index in [2.05, 4.69) is 48.8 Å². The Bertz CT molecular complexity index is 529. The van der Waals surface area contributed by atoms with Crippen LogP contribution in [0.5, 0.6) is 0 Å². The molecule has 1 aliphatic heterocycles. The van der Waals surface area contributed by atoms with Crippen molar-refractivity contribution < 1.29 is 5.11 Å². The standard InChI is InChI=1S/C18H25NO/c1-14(2)19-13-6-5-9-16-15(8-7-10-17(16)19)11-12-18(3,4)20/h7-8,10,14,20H,5-6,9,13H2,1-4H3. The van der Waals surface area contributed by atoms with Crippen molar-refractivity contribution in [2.24, 2.45) is 0 Å². The Balaban J connectivity index is 2.46. The molecule has 0 fully saturated rings. The Hall–Kier alpha value is -1.46. The van der Waals surface area contributed by atoms with Crippen LogP contribution in [0.3, 0.4) is 0 Å². The van der Waals surface area contributed by atoms with Crippen molar-refractivity contribution in [3.63, 3.8) is 0 Å². The zero-order chi connectivity index (χ0) is 14.8. The van der Waals surface area contributed by atoms with Gasteiger partial charge in [0.15, 0.2) is 0 Å². The molecule has 1 heterocycles. The van der Waals surface area contributed by atoms with Crippen molar-refractivity contribution in [3.05, 3.63) is 29.3 Å². The van der Waals surface area contributed by atoms with Crippen molar-refractivity contribution in [3.8, 4) is 11.8 Å². The number of anilines is 1. The van der Waals surface area contributed by atoms with Gasteiger partial charge in [0.1, 0.15) is 5.60 Å². The molecule has 2 rings (SSSR count). The van der Waals surface area contributed by atoms with Crippen LogP contribution in [0.15, 0.2) is 18.2 Å². The Morgan fingerprint density at radius 1 is 1.25 bits per heavy atom. The van der Waals surface area contributed by atoms with Gasteiger partial charge in [-0.2, -0.15) is 0 Å². The van der Waals surface area contributed by atoms with Gasteiger partial charge in [-0.25, -0.2) is 0 Å². The van der Waals surface area contributed by atoms with Crippen molar-refractivity contribution >= 4 is 5.69 Å². The quantitative estimate of drug-likeness (QED) is 0.792. The molecule has 1 aromatic carbocycles. The Kier molecular flexibility index (Phi) is 4.40. The van der Waals surface area contributed by atoms with Gasteiger partial charge >= 0.3 is 0 Å². The number of hydrogen-bond donors (Lipinski definition) is 1. The molecule has 0 unspecified atom stereocenters. The summed E-state index contributed by atoms with van der Waals surface area (Å²) in [6.45, 7) is 9.05. The first-order chi connectivity index (χ1) is 9.38. The van der Waals surface area contributed by atoms with E-state index in [-0.39, 0.29) is 0 Å². The second-order valence-corrected chi connectivity index (χ2v) is 6.36. The van der Waals surface area contributed by atoms with E-state index in [1.54, 1.807) is 13.8 Å². The number of aliphatic hydroxyl groups is 1. The van der Waals surface area contributed by atoms with Crippen LogP contribution in [0.1, 0.15) is 51.7 Å². The van der Waals surface area contributed by atoms with E-state index in [0.29, 0.717) is 6.04 Å². The molecule has 1 aromatic rings. The zero-order valence-corrected chi connectivity index (χ0v) is 13.0. The topological polar surface area (TPSA) is 23.5 Å². The van der Waals surface area contributed by atoms with Gasteiger partial charge in [0.05, 0.1) is 0 Å². The number of fused-ring (bicyclic) bond motifs is 1. The molecule has 2 heteroatoms. The van der Waals surface area contributed by atoms with E-state index in [1.807, 2.05) is 0 Å². The van der Waals surface area contributed by atoms with Gasteiger partial charge in [-0.1, -0.05) is 17.9 Å². The summed E-state index contributed by atoms with van der Waals surface area (Å²) in [5.74, 6) is 6.11. The molecule has 20 heavy (non-hydrogen) atoms. The summed E-state index contributed by atoms with van der Waals surface area (Å²) in [6.07, 6.45) is 3.51. The molecule has 1 N–H and O–H groups in total. The maximum atomic E-state index is 9.79. The van der Waals surface area contributed by atoms with Gasteiger partial charge in [-0.05, 0) is 64.7 Å². The lowest BCUT2D eigenvalue weighted by molar-refractivity contribution is 0.143. The number of nitrogens with zero attached hydrogens (tertiary/aromatic N) is 1. The van der Waals surface area contributed by atoms with Crippen LogP contribution in [0.4, 0.5) is 5.69 Å². The summed E-state index contributed by atoms with van der Waals surface area (Å²) in [5, 5.41) is 9.79. The summed E-state index contributed by atoms with van der Waals surface area (Å²) in [6, 6.07) is 6.86. The first-order valence-corrected chi connectivity index (χ1v) is 7.52. The molecule has 1 aliphatic rings. The normalized spacial score (nSPS) is 15.4. The zero-order valence-electron chi connectivity index (χ0n) is 13.0. The van der Waals surface area contributed by atoms with Crippen molar-refractivity contribution in [1.29, 1.82) is 0 Å². The average molecular weight is 271 g/mol. The van der Waals surface area contributed by atoms with E-state index in [4.69, 9.17) is 0 Å². The second kappa shape index (κ2) is 5.89. The van der Waals surface area contributed by atoms with E-state index < -0.39 is 5.60 Å². The lowest BCUT2D eigenvalue weighted by atomic mass is 9.99. The van der Waals surface area contributed by atoms with Crippen LogP contribution in [0, 0.1) is 11.8 Å². The molecule has 0 bridgehead atoms. The van der Waals surface area contributed by atoms with Crippen molar-refractivity contribution in [2.75, 3.05) is 11.4 Å². The summed E-state index contributed by atoms with van der Waals surface area (Å²) >= 11 is 0. The molecule has 0 saturated heterocycles. The number of benzene rings is 1. The molecule has 0 amide bonds. The summed E-state index contributed by atoms with van der Waals surface area (Å²) in [7, 11) is 0. The molecule has 0 aromatic heterocycles. The monoisotopic (exact) mass is 271 g/mol. The van der Waals surface area contributed by atoms with Crippen molar-refractivity contribution in [2.45, 2.75) is 58.6 Å². The van der Waals surface area contributed by atoms with Crippen LogP contribution in [-0.4, -0.2) is 23.3 Å². The van der Waals surface area contributed by atoms with Crippen LogP contribution in [0.2, 0.25) is 0 Å². The minimum Gasteiger partial charge on any atom is -0.378 e. The smallest absolute Gasteiger partial charge is 0.120 e. The van der Waals surface area contributed by atoms with Gasteiger partial charge in [0.25, 0.3) is 0 Å². The van der Waals surface area contributed by atoms with Gasteiger partial charge in [0, 0.05) is 23.8 Å². The second-order valence-electron chi connectivity index (χ2n) is 6.36. The predicted octanol–water partition coefficient (Wildman–Crippen LogP) is 3.36. The average Bonchev–Trinajstić information content (AvgIpc) is 2.57. The third-order valence-corrected chi connectivity index (χ3v) is 3.66. The van der Waals surface area contributed by atoms with E-state index in [0.717, 1.165) is 18.5 Å². The molecule has 108 valence electrons. The minimum absolute atomic E-state index is 0.504. The van der Waals surface area contributed by atoms with Gasteiger partial charge < -0.3 is 10.0 Å². The van der Waals surface area contributed by atoms with Gasteiger partial charge in [0.2, 0.25) is 0 Å². The summed E-state index contributed by atoms with van der Waals surface area (Å²) < 4.78 is 0. The SMILES string of the molecule is CC(C)N1CCCCc2c(C#CC(C)(C)O)cccc21. The van der Waals surface area contributed by atoms with Crippen molar-refractivity contribution in [1.82, 2.24) is 0 Å². The first-order valence-electron chi connectivity index (χ1n) is 7.52. The van der Waals surface area contributed by atoms with E-state index in [1.165, 1.54) is 24.1 Å². The van der Waals surface area contributed by atoms with E-state index in [9.17, 15) is 5.11 Å². The molecule has 0 saturated carbocycles. The van der Waals surface area contributed by atoms with Crippen LogP contribution >= 0.6 is 0 Å². The third kappa shape index (κ3) is 3.55. The van der Waals surface area contributed by atoms with Crippen LogP contribution in [0.25, 0.3) is 0 Å². The fourth-order valence-electron chi connectivity index (χ4n) is 2.68. The third-order valence-electron chi connectivity index (χ3n) is 3.66. The lowest BCUT2D eigenvalue weighted by Gasteiger charge is -2.29. The van der Waals surface area contributed by atoms with Crippen LogP contribution in [-0.2, 0) is 6.42 Å². The number of hydrogen-bond acceptors (Lipinski definition) is 2. The molecular formula is C18H25NO. The Morgan fingerprint density at radius 2 is 2.00 bits per heavy atom. The Morgan fingerprint density at radius 3 is 2.65 bits per heavy atom. The molecule has 0 aliphatic carbocycles. The summed E-state index contributed by atoms with van der Waals surface area (Å²) in [5.41, 5.74) is 2.79. The highest BCUT2D eigenvalue weighted by molar-refractivity contribution is 5.62. The maximum absolute atomic E-state index is 9.79. The lowest BCUT2D eigenvalue weighted by Crippen LogP contribution is -2.31. The fourth-order valence-corrected chi connectivity index (χ4v) is 2.68. The number of rotatable bonds is 1. The maximum Gasteiger partial charge on any atom is 0.120 e. The highest BCUT2D eigenvalue weighted by atomic mass is 16.3. The van der Waals surface area contributed by atoms with Crippen LogP contribution < -0.4 is 4.90 Å². The largest absolute Gasteiger partial charge is 0.378 e. The fraction of sp³-hybridized carbons (Fsp3) is 0.556. The van der Waals surface area contributed by atoms with E-state index >= 15 is 0 Å². The van der Waals surface area contributed by atoms with Gasteiger partial charge in [-0.3, -0.25) is 0 Å². The minimum atomic E-state index is -0.939. The summed E-state index contributed by atoms with van der Waals surface area (Å²) in [4.78, 5) is 2.47. The highest BCUT2D eigenvalue weighted by Gasteiger charge is 2.19. The molecular weight excluding hydrogens is 246 g/mol. The molecule has 0 radical (unpaired) electrons. The first kappa shape index (κ1) is 14.9. The molecule has 0 atom stereocenters.